The Kier molecular flexibility index (Phi) is 5.21. The molecule has 20 heavy (non-hydrogen) atoms. The van der Waals surface area contributed by atoms with Crippen molar-refractivity contribution in [1.82, 2.24) is 5.32 Å². The van der Waals surface area contributed by atoms with E-state index in [4.69, 9.17) is 4.74 Å². The summed E-state index contributed by atoms with van der Waals surface area (Å²) in [5, 5.41) is 8.07. The fraction of sp³-hybridized carbons (Fsp3) is 0.412. The van der Waals surface area contributed by atoms with Gasteiger partial charge in [-0.3, -0.25) is 0 Å². The van der Waals surface area contributed by atoms with Crippen LogP contribution < -0.4 is 10.1 Å². The van der Waals surface area contributed by atoms with E-state index in [0.717, 1.165) is 18.7 Å². The minimum atomic E-state index is 0.349. The van der Waals surface area contributed by atoms with Gasteiger partial charge < -0.3 is 10.1 Å². The van der Waals surface area contributed by atoms with Crippen molar-refractivity contribution in [3.8, 4) is 5.75 Å². The van der Waals surface area contributed by atoms with Gasteiger partial charge in [-0.2, -0.15) is 11.3 Å². The average Bonchev–Trinajstić information content (AvgIpc) is 2.85. The van der Waals surface area contributed by atoms with Gasteiger partial charge in [0.05, 0.1) is 7.11 Å². The Morgan fingerprint density at radius 2 is 2.05 bits per heavy atom. The summed E-state index contributed by atoms with van der Waals surface area (Å²) in [4.78, 5) is 0. The molecule has 0 fully saturated rings. The number of rotatable bonds is 6. The van der Waals surface area contributed by atoms with Crippen LogP contribution >= 0.6 is 11.3 Å². The third kappa shape index (κ3) is 3.41. The maximum Gasteiger partial charge on any atom is 0.122 e. The Morgan fingerprint density at radius 3 is 2.65 bits per heavy atom. The second-order valence-electron chi connectivity index (χ2n) is 5.14. The van der Waals surface area contributed by atoms with E-state index in [-0.39, 0.29) is 0 Å². The number of likely N-dealkylation sites (N-methyl/N-ethyl adjacent to an activating group) is 1. The number of thiophene rings is 1. The van der Waals surface area contributed by atoms with Crippen molar-refractivity contribution in [2.45, 2.75) is 33.2 Å². The molecular weight excluding hydrogens is 266 g/mol. The van der Waals surface area contributed by atoms with Crippen LogP contribution in [0.5, 0.6) is 5.75 Å². The van der Waals surface area contributed by atoms with Gasteiger partial charge in [-0.05, 0) is 60.3 Å². The van der Waals surface area contributed by atoms with E-state index in [1.165, 1.54) is 22.3 Å². The molecular formula is C17H23NOS. The van der Waals surface area contributed by atoms with Crippen molar-refractivity contribution in [3.05, 3.63) is 51.2 Å². The van der Waals surface area contributed by atoms with E-state index in [1.54, 1.807) is 18.4 Å². The number of hydrogen-bond acceptors (Lipinski definition) is 3. The Balaban J connectivity index is 2.29. The highest BCUT2D eigenvalue weighted by Crippen LogP contribution is 2.29. The fourth-order valence-electron chi connectivity index (χ4n) is 2.55. The zero-order valence-corrected chi connectivity index (χ0v) is 13.5. The largest absolute Gasteiger partial charge is 0.496 e. The summed E-state index contributed by atoms with van der Waals surface area (Å²) in [6.45, 7) is 7.43. The molecule has 0 aliphatic carbocycles. The quantitative estimate of drug-likeness (QED) is 0.857. The van der Waals surface area contributed by atoms with Gasteiger partial charge >= 0.3 is 0 Å². The summed E-state index contributed by atoms with van der Waals surface area (Å²) in [5.41, 5.74) is 5.31. The molecule has 0 amide bonds. The molecule has 1 N–H and O–H groups in total. The van der Waals surface area contributed by atoms with Gasteiger partial charge in [0.15, 0.2) is 0 Å². The average molecular weight is 289 g/mol. The van der Waals surface area contributed by atoms with Crippen molar-refractivity contribution in [2.24, 2.45) is 0 Å². The van der Waals surface area contributed by atoms with Crippen molar-refractivity contribution in [3.63, 3.8) is 0 Å². The van der Waals surface area contributed by atoms with Crippen molar-refractivity contribution < 1.29 is 4.74 Å². The molecule has 1 unspecified atom stereocenters. The maximum absolute atomic E-state index is 5.50. The summed E-state index contributed by atoms with van der Waals surface area (Å²) in [7, 11) is 1.74. The molecule has 0 spiro atoms. The van der Waals surface area contributed by atoms with Crippen LogP contribution in [-0.2, 0) is 6.42 Å². The molecule has 2 nitrogen and oxygen atoms in total. The predicted octanol–water partition coefficient (Wildman–Crippen LogP) is 4.27. The van der Waals surface area contributed by atoms with Crippen LogP contribution in [-0.4, -0.2) is 13.7 Å². The Hall–Kier alpha value is -1.32. The van der Waals surface area contributed by atoms with Gasteiger partial charge in [-0.25, -0.2) is 0 Å². The number of ether oxygens (including phenoxy) is 1. The molecule has 0 saturated carbocycles. The van der Waals surface area contributed by atoms with Crippen LogP contribution in [0.3, 0.4) is 0 Å². The van der Waals surface area contributed by atoms with Crippen LogP contribution in [0.1, 0.15) is 35.2 Å². The SMILES string of the molecule is CCNC(Cc1cc(C)ccc1OC)c1cscc1C. The predicted molar refractivity (Wildman–Crippen MR) is 86.9 cm³/mol. The molecule has 0 radical (unpaired) electrons. The molecule has 0 aliphatic heterocycles. The zero-order valence-electron chi connectivity index (χ0n) is 12.7. The molecule has 0 saturated heterocycles. The van der Waals surface area contributed by atoms with Gasteiger partial charge in [-0.15, -0.1) is 0 Å². The summed E-state index contributed by atoms with van der Waals surface area (Å²) in [6.07, 6.45) is 0.955. The summed E-state index contributed by atoms with van der Waals surface area (Å²) >= 11 is 1.77. The number of aryl methyl sites for hydroxylation is 2. The second-order valence-corrected chi connectivity index (χ2v) is 5.88. The first-order chi connectivity index (χ1) is 9.65. The standard InChI is InChI=1S/C17H23NOS/c1-5-18-16(15-11-20-10-13(15)3)9-14-8-12(2)6-7-17(14)19-4/h6-8,10-11,16,18H,5,9H2,1-4H3. The molecule has 1 aromatic carbocycles. The van der Waals surface area contributed by atoms with Crippen molar-refractivity contribution in [1.29, 1.82) is 0 Å². The maximum atomic E-state index is 5.50. The molecule has 1 heterocycles. The highest BCUT2D eigenvalue weighted by atomic mass is 32.1. The van der Waals surface area contributed by atoms with E-state index < -0.39 is 0 Å². The van der Waals surface area contributed by atoms with Crippen LogP contribution in [0, 0.1) is 13.8 Å². The van der Waals surface area contributed by atoms with Gasteiger partial charge in [0, 0.05) is 6.04 Å². The zero-order chi connectivity index (χ0) is 14.5. The Labute approximate surface area is 125 Å². The third-order valence-corrected chi connectivity index (χ3v) is 4.46. The fourth-order valence-corrected chi connectivity index (χ4v) is 3.46. The second kappa shape index (κ2) is 6.91. The minimum Gasteiger partial charge on any atom is -0.496 e. The summed E-state index contributed by atoms with van der Waals surface area (Å²) in [6, 6.07) is 6.74. The molecule has 1 atom stereocenters. The first kappa shape index (κ1) is 15.1. The Bertz CT molecular complexity index is 562. The van der Waals surface area contributed by atoms with E-state index in [1.807, 2.05) is 0 Å². The first-order valence-electron chi connectivity index (χ1n) is 7.05. The van der Waals surface area contributed by atoms with Crippen molar-refractivity contribution >= 4 is 11.3 Å². The third-order valence-electron chi connectivity index (χ3n) is 3.58. The monoisotopic (exact) mass is 289 g/mol. The van der Waals surface area contributed by atoms with Gasteiger partial charge in [0.25, 0.3) is 0 Å². The molecule has 3 heteroatoms. The highest BCUT2D eigenvalue weighted by molar-refractivity contribution is 7.08. The first-order valence-corrected chi connectivity index (χ1v) is 7.99. The molecule has 2 rings (SSSR count). The minimum absolute atomic E-state index is 0.349. The summed E-state index contributed by atoms with van der Waals surface area (Å²) in [5.74, 6) is 0.978. The molecule has 1 aromatic heterocycles. The topological polar surface area (TPSA) is 21.3 Å². The summed E-state index contributed by atoms with van der Waals surface area (Å²) < 4.78 is 5.50. The van der Waals surface area contributed by atoms with Crippen LogP contribution in [0.15, 0.2) is 29.0 Å². The highest BCUT2D eigenvalue weighted by Gasteiger charge is 2.16. The normalized spacial score (nSPS) is 12.4. The lowest BCUT2D eigenvalue weighted by molar-refractivity contribution is 0.405. The molecule has 0 aliphatic rings. The lowest BCUT2D eigenvalue weighted by atomic mass is 9.97. The lowest BCUT2D eigenvalue weighted by Gasteiger charge is -2.20. The lowest BCUT2D eigenvalue weighted by Crippen LogP contribution is -2.23. The van der Waals surface area contributed by atoms with E-state index in [2.05, 4.69) is 55.0 Å². The molecule has 108 valence electrons. The van der Waals surface area contributed by atoms with Gasteiger partial charge in [0.2, 0.25) is 0 Å². The van der Waals surface area contributed by atoms with E-state index >= 15 is 0 Å². The number of benzene rings is 1. The Morgan fingerprint density at radius 1 is 1.25 bits per heavy atom. The molecule has 0 bridgehead atoms. The molecule has 2 aromatic rings. The van der Waals surface area contributed by atoms with Crippen molar-refractivity contribution in [2.75, 3.05) is 13.7 Å². The van der Waals surface area contributed by atoms with Crippen LogP contribution in [0.25, 0.3) is 0 Å². The smallest absolute Gasteiger partial charge is 0.122 e. The van der Waals surface area contributed by atoms with Crippen LogP contribution in [0.2, 0.25) is 0 Å². The van der Waals surface area contributed by atoms with E-state index in [0.29, 0.717) is 6.04 Å². The van der Waals surface area contributed by atoms with Crippen LogP contribution in [0.4, 0.5) is 0 Å². The number of nitrogens with one attached hydrogen (secondary N) is 1. The number of methoxy groups -OCH3 is 1. The van der Waals surface area contributed by atoms with Gasteiger partial charge in [0.1, 0.15) is 5.75 Å². The van der Waals surface area contributed by atoms with E-state index in [9.17, 15) is 0 Å². The van der Waals surface area contributed by atoms with Gasteiger partial charge in [-0.1, -0.05) is 24.6 Å². The number of hydrogen-bond donors (Lipinski definition) is 1.